The number of carbonyl (C=O) groups is 1. The molecule has 106 valence electrons. The van der Waals surface area contributed by atoms with Crippen LogP contribution in [0.4, 0.5) is 0 Å². The van der Waals surface area contributed by atoms with Gasteiger partial charge in [0.2, 0.25) is 0 Å². The van der Waals surface area contributed by atoms with E-state index in [9.17, 15) is 9.90 Å². The summed E-state index contributed by atoms with van der Waals surface area (Å²) in [5.74, 6) is -0.553. The van der Waals surface area contributed by atoms with Gasteiger partial charge in [-0.2, -0.15) is 0 Å². The lowest BCUT2D eigenvalue weighted by Crippen LogP contribution is -2.15. The summed E-state index contributed by atoms with van der Waals surface area (Å²) in [4.78, 5) is 14.8. The third-order valence-electron chi connectivity index (χ3n) is 3.15. The Bertz CT molecular complexity index is 551. The third-order valence-corrected chi connectivity index (χ3v) is 3.15. The van der Waals surface area contributed by atoms with Gasteiger partial charge in [0.05, 0.1) is 12.4 Å². The highest BCUT2D eigenvalue weighted by Gasteiger charge is 2.08. The van der Waals surface area contributed by atoms with Gasteiger partial charge in [-0.25, -0.2) is 4.98 Å². The number of primary amides is 1. The van der Waals surface area contributed by atoms with Crippen LogP contribution < -0.4 is 5.73 Å². The van der Waals surface area contributed by atoms with E-state index in [0.29, 0.717) is 13.0 Å². The van der Waals surface area contributed by atoms with E-state index in [4.69, 9.17) is 5.73 Å². The largest absolute Gasteiger partial charge is 0.391 e. The topological polar surface area (TPSA) is 81.1 Å². The normalized spacial score (nSPS) is 12.2. The van der Waals surface area contributed by atoms with Gasteiger partial charge in [-0.15, -0.1) is 0 Å². The van der Waals surface area contributed by atoms with Gasteiger partial charge < -0.3 is 15.4 Å². The van der Waals surface area contributed by atoms with E-state index in [0.717, 1.165) is 12.8 Å². The number of aromatic nitrogens is 2. The first kappa shape index (κ1) is 14.3. The van der Waals surface area contributed by atoms with Gasteiger partial charge >= 0.3 is 0 Å². The maximum Gasteiger partial charge on any atom is 0.268 e. The molecule has 0 saturated carbocycles. The molecule has 1 heterocycles. The molecule has 20 heavy (non-hydrogen) atoms. The molecule has 5 nitrogen and oxygen atoms in total. The van der Waals surface area contributed by atoms with Gasteiger partial charge in [-0.1, -0.05) is 30.3 Å². The van der Waals surface area contributed by atoms with E-state index in [1.54, 1.807) is 10.8 Å². The second kappa shape index (κ2) is 6.86. The van der Waals surface area contributed by atoms with Crippen molar-refractivity contribution in [3.05, 3.63) is 54.1 Å². The van der Waals surface area contributed by atoms with E-state index in [2.05, 4.69) is 17.1 Å². The van der Waals surface area contributed by atoms with Crippen molar-refractivity contribution in [3.63, 3.8) is 0 Å². The van der Waals surface area contributed by atoms with Crippen LogP contribution in [0, 0.1) is 0 Å². The minimum Gasteiger partial charge on any atom is -0.391 e. The number of carbonyl (C=O) groups excluding carboxylic acids is 1. The van der Waals surface area contributed by atoms with Gasteiger partial charge in [0.15, 0.2) is 0 Å². The third kappa shape index (κ3) is 4.20. The van der Waals surface area contributed by atoms with Gasteiger partial charge in [-0.3, -0.25) is 4.79 Å². The Hall–Kier alpha value is -2.14. The van der Waals surface area contributed by atoms with Gasteiger partial charge in [0.1, 0.15) is 5.69 Å². The lowest BCUT2D eigenvalue weighted by atomic mass is 10.1. The number of hydrogen-bond donors (Lipinski definition) is 2. The van der Waals surface area contributed by atoms with Crippen molar-refractivity contribution >= 4 is 5.91 Å². The Morgan fingerprint density at radius 3 is 2.75 bits per heavy atom. The lowest BCUT2D eigenvalue weighted by molar-refractivity contribution is 0.0995. The fourth-order valence-corrected chi connectivity index (χ4v) is 2.11. The van der Waals surface area contributed by atoms with Crippen LogP contribution in [-0.4, -0.2) is 26.7 Å². The van der Waals surface area contributed by atoms with Gasteiger partial charge in [0.25, 0.3) is 5.91 Å². The zero-order chi connectivity index (χ0) is 14.4. The number of amides is 1. The molecule has 3 N–H and O–H groups in total. The average molecular weight is 273 g/mol. The monoisotopic (exact) mass is 273 g/mol. The van der Waals surface area contributed by atoms with Crippen molar-refractivity contribution in [3.8, 4) is 0 Å². The predicted molar refractivity (Wildman–Crippen MR) is 76.1 cm³/mol. The summed E-state index contributed by atoms with van der Waals surface area (Å²) in [7, 11) is 0. The second-order valence-electron chi connectivity index (χ2n) is 4.85. The summed E-state index contributed by atoms with van der Waals surface area (Å²) in [5, 5.41) is 9.96. The molecule has 1 amide bonds. The number of hydrogen-bond acceptors (Lipinski definition) is 3. The summed E-state index contributed by atoms with van der Waals surface area (Å²) in [6, 6.07) is 10.2. The van der Waals surface area contributed by atoms with Crippen molar-refractivity contribution in [1.29, 1.82) is 0 Å². The first-order valence-electron chi connectivity index (χ1n) is 6.68. The number of benzene rings is 1. The number of aryl methyl sites for hydroxylation is 1. The molecule has 2 rings (SSSR count). The van der Waals surface area contributed by atoms with Crippen molar-refractivity contribution in [1.82, 2.24) is 9.55 Å². The van der Waals surface area contributed by atoms with Crippen LogP contribution in [0.5, 0.6) is 0 Å². The Balaban J connectivity index is 1.74. The molecule has 0 radical (unpaired) electrons. The summed E-state index contributed by atoms with van der Waals surface area (Å²) in [5.41, 5.74) is 6.63. The smallest absolute Gasteiger partial charge is 0.268 e. The average Bonchev–Trinajstić information content (AvgIpc) is 2.88. The molecular weight excluding hydrogens is 254 g/mol. The van der Waals surface area contributed by atoms with E-state index in [-0.39, 0.29) is 5.69 Å². The zero-order valence-corrected chi connectivity index (χ0v) is 11.3. The number of nitrogens with two attached hydrogens (primary N) is 1. The van der Waals surface area contributed by atoms with Crippen LogP contribution in [0.3, 0.4) is 0 Å². The first-order valence-corrected chi connectivity index (χ1v) is 6.68. The molecule has 0 bridgehead atoms. The van der Waals surface area contributed by atoms with Gasteiger partial charge in [-0.05, 0) is 24.8 Å². The van der Waals surface area contributed by atoms with Crippen LogP contribution in [0.1, 0.15) is 28.9 Å². The molecule has 1 aromatic carbocycles. The summed E-state index contributed by atoms with van der Waals surface area (Å²) in [6.45, 7) is 0.426. The summed E-state index contributed by atoms with van der Waals surface area (Å²) >= 11 is 0. The highest BCUT2D eigenvalue weighted by Crippen LogP contribution is 2.08. The van der Waals surface area contributed by atoms with Crippen molar-refractivity contribution in [2.45, 2.75) is 31.9 Å². The summed E-state index contributed by atoms with van der Waals surface area (Å²) < 4.78 is 1.69. The Labute approximate surface area is 118 Å². The van der Waals surface area contributed by atoms with Crippen LogP contribution in [0.25, 0.3) is 0 Å². The maximum absolute atomic E-state index is 10.9. The highest BCUT2D eigenvalue weighted by atomic mass is 16.3. The molecule has 0 saturated heterocycles. The number of aliphatic hydroxyl groups excluding tert-OH is 1. The van der Waals surface area contributed by atoms with Gasteiger partial charge in [0, 0.05) is 12.7 Å². The molecule has 0 aliphatic rings. The van der Waals surface area contributed by atoms with E-state index in [1.165, 1.54) is 11.9 Å². The quantitative estimate of drug-likeness (QED) is 0.799. The molecule has 0 unspecified atom stereocenters. The van der Waals surface area contributed by atoms with Crippen LogP contribution >= 0.6 is 0 Å². The molecule has 2 aromatic rings. The maximum atomic E-state index is 10.9. The van der Waals surface area contributed by atoms with Crippen molar-refractivity contribution in [2.75, 3.05) is 0 Å². The fraction of sp³-hybridized carbons (Fsp3) is 0.333. The van der Waals surface area contributed by atoms with E-state index in [1.807, 2.05) is 18.2 Å². The van der Waals surface area contributed by atoms with E-state index >= 15 is 0 Å². The van der Waals surface area contributed by atoms with E-state index < -0.39 is 12.0 Å². The minimum absolute atomic E-state index is 0.224. The Morgan fingerprint density at radius 1 is 1.35 bits per heavy atom. The molecule has 0 aliphatic heterocycles. The predicted octanol–water partition coefficient (Wildman–Crippen LogP) is 1.37. The minimum atomic E-state index is -0.553. The fourth-order valence-electron chi connectivity index (χ4n) is 2.11. The highest BCUT2D eigenvalue weighted by molar-refractivity contribution is 5.90. The number of imidazole rings is 1. The lowest BCUT2D eigenvalue weighted by Gasteiger charge is -2.10. The Kier molecular flexibility index (Phi) is 4.90. The summed E-state index contributed by atoms with van der Waals surface area (Å²) in [6.07, 6.45) is 5.20. The zero-order valence-electron chi connectivity index (χ0n) is 11.3. The number of aliphatic hydroxyl groups is 1. The molecule has 1 atom stereocenters. The standard InChI is InChI=1S/C15H19N3O2/c16-15(20)14-10-18(11-17-14)9-13(19)8-4-7-12-5-2-1-3-6-12/h1-3,5-6,10-11,13,19H,4,7-9H2,(H2,16,20)/t13-/m0/s1. The van der Waals surface area contributed by atoms with Crippen LogP contribution in [0.15, 0.2) is 42.9 Å². The second-order valence-corrected chi connectivity index (χ2v) is 4.85. The van der Waals surface area contributed by atoms with Crippen LogP contribution in [-0.2, 0) is 13.0 Å². The molecular formula is C15H19N3O2. The Morgan fingerprint density at radius 2 is 2.10 bits per heavy atom. The van der Waals surface area contributed by atoms with Crippen molar-refractivity contribution < 1.29 is 9.90 Å². The molecule has 5 heteroatoms. The number of rotatable bonds is 7. The molecule has 0 fully saturated rings. The molecule has 0 spiro atoms. The van der Waals surface area contributed by atoms with Crippen molar-refractivity contribution in [2.24, 2.45) is 5.73 Å². The SMILES string of the molecule is NC(=O)c1cn(C[C@@H](O)CCCc2ccccc2)cn1. The van der Waals surface area contributed by atoms with Crippen LogP contribution in [0.2, 0.25) is 0 Å². The molecule has 0 aliphatic carbocycles. The molecule has 1 aromatic heterocycles. The number of nitrogens with zero attached hydrogens (tertiary/aromatic N) is 2. The first-order chi connectivity index (χ1) is 9.65.